The van der Waals surface area contributed by atoms with E-state index >= 15 is 0 Å². The van der Waals surface area contributed by atoms with E-state index in [9.17, 15) is 4.79 Å². The first-order valence-electron chi connectivity index (χ1n) is 5.59. The van der Waals surface area contributed by atoms with Crippen LogP contribution in [0.25, 0.3) is 0 Å². The topological polar surface area (TPSA) is 92.4 Å². The van der Waals surface area contributed by atoms with Crippen molar-refractivity contribution >= 4 is 5.97 Å². The molecule has 0 saturated carbocycles. The maximum absolute atomic E-state index is 11.1. The van der Waals surface area contributed by atoms with Gasteiger partial charge in [-0.15, -0.1) is 0 Å². The van der Waals surface area contributed by atoms with Gasteiger partial charge in [-0.2, -0.15) is 5.26 Å². The van der Waals surface area contributed by atoms with Gasteiger partial charge in [-0.3, -0.25) is 0 Å². The van der Waals surface area contributed by atoms with Gasteiger partial charge < -0.3 is 14.6 Å². The fraction of sp³-hybridized carbons (Fsp3) is 0.0714. The molecule has 0 radical (unpaired) electrons. The van der Waals surface area contributed by atoms with E-state index in [4.69, 9.17) is 19.8 Å². The summed E-state index contributed by atoms with van der Waals surface area (Å²) >= 11 is 0. The molecule has 1 N–H and O–H groups in total. The van der Waals surface area contributed by atoms with Crippen molar-refractivity contribution in [3.05, 3.63) is 47.7 Å². The first-order valence-corrected chi connectivity index (χ1v) is 5.59. The Morgan fingerprint density at radius 3 is 2.75 bits per heavy atom. The van der Waals surface area contributed by atoms with Gasteiger partial charge in [0.05, 0.1) is 18.7 Å². The lowest BCUT2D eigenvalue weighted by atomic mass is 10.2. The number of nitrogens with zero attached hydrogens (tertiary/aromatic N) is 2. The van der Waals surface area contributed by atoms with Crippen LogP contribution < -0.4 is 9.47 Å². The van der Waals surface area contributed by atoms with Crippen LogP contribution in [0.2, 0.25) is 0 Å². The molecule has 0 unspecified atom stereocenters. The molecule has 100 valence electrons. The minimum absolute atomic E-state index is 0.0443. The number of aromatic nitrogens is 1. The number of carbonyl (C=O) groups is 1. The van der Waals surface area contributed by atoms with Gasteiger partial charge in [-0.25, -0.2) is 9.78 Å². The van der Waals surface area contributed by atoms with Crippen LogP contribution in [0.5, 0.6) is 17.4 Å². The molecule has 0 aliphatic rings. The van der Waals surface area contributed by atoms with Crippen LogP contribution in [0.3, 0.4) is 0 Å². The Bertz CT molecular complexity index is 692. The third-order valence-electron chi connectivity index (χ3n) is 2.46. The monoisotopic (exact) mass is 270 g/mol. The zero-order chi connectivity index (χ0) is 14.5. The third-order valence-corrected chi connectivity index (χ3v) is 2.46. The SMILES string of the molecule is COc1cc(C#N)cc(Oc2ncccc2C(=O)O)c1. The summed E-state index contributed by atoms with van der Waals surface area (Å²) in [5, 5.41) is 18.0. The molecule has 0 atom stereocenters. The molecule has 1 aromatic carbocycles. The van der Waals surface area contributed by atoms with Gasteiger partial charge in [-0.1, -0.05) is 0 Å². The highest BCUT2D eigenvalue weighted by Gasteiger charge is 2.13. The normalized spacial score (nSPS) is 9.60. The number of pyridine rings is 1. The number of rotatable bonds is 4. The molecule has 0 spiro atoms. The van der Waals surface area contributed by atoms with E-state index in [0.717, 1.165) is 0 Å². The number of hydrogen-bond acceptors (Lipinski definition) is 5. The van der Waals surface area contributed by atoms with Crippen molar-refractivity contribution in [3.8, 4) is 23.4 Å². The summed E-state index contributed by atoms with van der Waals surface area (Å²) in [6, 6.07) is 9.42. The number of hydrogen-bond donors (Lipinski definition) is 1. The van der Waals surface area contributed by atoms with Gasteiger partial charge in [0.25, 0.3) is 0 Å². The van der Waals surface area contributed by atoms with E-state index in [1.165, 1.54) is 31.5 Å². The molecular weight excluding hydrogens is 260 g/mol. The van der Waals surface area contributed by atoms with E-state index in [1.807, 2.05) is 6.07 Å². The lowest BCUT2D eigenvalue weighted by molar-refractivity contribution is 0.0693. The smallest absolute Gasteiger partial charge is 0.341 e. The largest absolute Gasteiger partial charge is 0.497 e. The average Bonchev–Trinajstić information content (AvgIpc) is 2.47. The first kappa shape index (κ1) is 13.4. The number of carboxylic acids is 1. The highest BCUT2D eigenvalue weighted by molar-refractivity contribution is 5.90. The van der Waals surface area contributed by atoms with Crippen molar-refractivity contribution in [2.75, 3.05) is 7.11 Å². The Hall–Kier alpha value is -3.07. The molecule has 0 fully saturated rings. The zero-order valence-corrected chi connectivity index (χ0v) is 10.5. The molecule has 2 aromatic rings. The van der Waals surface area contributed by atoms with Crippen molar-refractivity contribution < 1.29 is 19.4 Å². The highest BCUT2D eigenvalue weighted by atomic mass is 16.5. The Kier molecular flexibility index (Phi) is 3.82. The average molecular weight is 270 g/mol. The van der Waals surface area contributed by atoms with Gasteiger partial charge in [-0.05, 0) is 24.3 Å². The summed E-state index contributed by atoms with van der Waals surface area (Å²) in [5.74, 6) is -0.470. The summed E-state index contributed by atoms with van der Waals surface area (Å²) in [5.41, 5.74) is 0.279. The minimum Gasteiger partial charge on any atom is -0.497 e. The fourth-order valence-electron chi connectivity index (χ4n) is 1.56. The number of benzene rings is 1. The quantitative estimate of drug-likeness (QED) is 0.917. The number of carboxylic acid groups (broad SMARTS) is 1. The molecule has 1 aromatic heterocycles. The second kappa shape index (κ2) is 5.71. The molecule has 1 heterocycles. The summed E-state index contributed by atoms with van der Waals surface area (Å²) in [7, 11) is 1.46. The van der Waals surface area contributed by atoms with Crippen LogP contribution in [-0.4, -0.2) is 23.2 Å². The summed E-state index contributed by atoms with van der Waals surface area (Å²) in [6.45, 7) is 0. The van der Waals surface area contributed by atoms with Crippen LogP contribution in [0.15, 0.2) is 36.5 Å². The van der Waals surface area contributed by atoms with E-state index in [-0.39, 0.29) is 17.2 Å². The van der Waals surface area contributed by atoms with Crippen LogP contribution in [-0.2, 0) is 0 Å². The maximum Gasteiger partial charge on any atom is 0.341 e. The van der Waals surface area contributed by atoms with E-state index in [1.54, 1.807) is 12.1 Å². The molecule has 6 heteroatoms. The second-order valence-corrected chi connectivity index (χ2v) is 3.77. The van der Waals surface area contributed by atoms with Gasteiger partial charge in [0.2, 0.25) is 5.88 Å². The standard InChI is InChI=1S/C14H10N2O4/c1-19-10-5-9(8-15)6-11(7-10)20-13-12(14(17)18)3-2-4-16-13/h2-7H,1H3,(H,17,18). The zero-order valence-electron chi connectivity index (χ0n) is 10.5. The van der Waals surface area contributed by atoms with E-state index in [0.29, 0.717) is 11.3 Å². The van der Waals surface area contributed by atoms with Crippen LogP contribution in [0.4, 0.5) is 0 Å². The van der Waals surface area contributed by atoms with Gasteiger partial charge in [0.1, 0.15) is 17.1 Å². The second-order valence-electron chi connectivity index (χ2n) is 3.77. The lowest BCUT2D eigenvalue weighted by Crippen LogP contribution is -2.01. The molecule has 0 amide bonds. The van der Waals surface area contributed by atoms with Gasteiger partial charge in [0.15, 0.2) is 0 Å². The number of methoxy groups -OCH3 is 1. The Labute approximate surface area is 114 Å². The molecule has 2 rings (SSSR count). The van der Waals surface area contributed by atoms with Crippen molar-refractivity contribution in [1.82, 2.24) is 4.98 Å². The summed E-state index contributed by atoms with van der Waals surface area (Å²) < 4.78 is 10.5. The number of ether oxygens (including phenoxy) is 2. The fourth-order valence-corrected chi connectivity index (χ4v) is 1.56. The van der Waals surface area contributed by atoms with Gasteiger partial charge in [0, 0.05) is 12.3 Å². The highest BCUT2D eigenvalue weighted by Crippen LogP contribution is 2.27. The van der Waals surface area contributed by atoms with Crippen molar-refractivity contribution in [1.29, 1.82) is 5.26 Å². The van der Waals surface area contributed by atoms with E-state index in [2.05, 4.69) is 4.98 Å². The van der Waals surface area contributed by atoms with Crippen LogP contribution in [0.1, 0.15) is 15.9 Å². The molecule has 0 aliphatic heterocycles. The predicted molar refractivity (Wildman–Crippen MR) is 69.0 cm³/mol. The molecule has 0 saturated heterocycles. The van der Waals surface area contributed by atoms with Crippen molar-refractivity contribution in [2.24, 2.45) is 0 Å². The summed E-state index contributed by atoms with van der Waals surface area (Å²) in [6.07, 6.45) is 1.42. The lowest BCUT2D eigenvalue weighted by Gasteiger charge is -2.09. The minimum atomic E-state index is -1.14. The Morgan fingerprint density at radius 2 is 2.10 bits per heavy atom. The molecule has 0 bridgehead atoms. The first-order chi connectivity index (χ1) is 9.63. The van der Waals surface area contributed by atoms with E-state index < -0.39 is 5.97 Å². The van der Waals surface area contributed by atoms with Crippen LogP contribution >= 0.6 is 0 Å². The Balaban J connectivity index is 2.40. The predicted octanol–water partition coefficient (Wildman–Crippen LogP) is 2.45. The number of nitriles is 1. The molecule has 6 nitrogen and oxygen atoms in total. The Morgan fingerprint density at radius 1 is 1.35 bits per heavy atom. The number of aromatic carboxylic acids is 1. The summed E-state index contributed by atoms with van der Waals surface area (Å²) in [4.78, 5) is 14.9. The van der Waals surface area contributed by atoms with Crippen molar-refractivity contribution in [2.45, 2.75) is 0 Å². The van der Waals surface area contributed by atoms with Crippen LogP contribution in [0, 0.1) is 11.3 Å². The maximum atomic E-state index is 11.1. The van der Waals surface area contributed by atoms with Crippen molar-refractivity contribution in [3.63, 3.8) is 0 Å². The molecule has 20 heavy (non-hydrogen) atoms. The van der Waals surface area contributed by atoms with Gasteiger partial charge >= 0.3 is 5.97 Å². The molecule has 0 aliphatic carbocycles. The molecular formula is C14H10N2O4. The third kappa shape index (κ3) is 2.84.